The molecular formula is C29H36N6O2S. The van der Waals surface area contributed by atoms with E-state index in [9.17, 15) is 8.42 Å². The molecule has 2 aliphatic carbocycles. The van der Waals surface area contributed by atoms with E-state index in [0.29, 0.717) is 43.5 Å². The molecule has 0 amide bonds. The Labute approximate surface area is 225 Å². The number of hydrogen-bond acceptors (Lipinski definition) is 7. The fourth-order valence-corrected chi connectivity index (χ4v) is 6.46. The summed E-state index contributed by atoms with van der Waals surface area (Å²) in [6, 6.07) is 5.24. The molecule has 2 heterocycles. The number of aromatic nitrogens is 2. The van der Waals surface area contributed by atoms with Crippen LogP contribution in [0, 0.1) is 5.92 Å². The molecule has 0 bridgehead atoms. The second-order valence-electron chi connectivity index (χ2n) is 10.5. The lowest BCUT2D eigenvalue weighted by atomic mass is 10.0. The van der Waals surface area contributed by atoms with E-state index in [4.69, 9.17) is 9.97 Å². The summed E-state index contributed by atoms with van der Waals surface area (Å²) in [6.45, 7) is 6.82. The first-order chi connectivity index (χ1) is 18.3. The molecule has 3 aliphatic rings. The molecule has 2 aromatic rings. The van der Waals surface area contributed by atoms with Gasteiger partial charge < -0.3 is 10.2 Å². The molecule has 1 aliphatic heterocycles. The van der Waals surface area contributed by atoms with Gasteiger partial charge >= 0.3 is 0 Å². The lowest BCUT2D eigenvalue weighted by molar-refractivity contribution is 0.178. The maximum atomic E-state index is 13.3. The molecule has 1 unspecified atom stereocenters. The van der Waals surface area contributed by atoms with Crippen molar-refractivity contribution in [3.63, 3.8) is 0 Å². The molecule has 200 valence electrons. The summed E-state index contributed by atoms with van der Waals surface area (Å²) >= 11 is 0. The number of benzene rings is 1. The molecule has 0 radical (unpaired) electrons. The zero-order chi connectivity index (χ0) is 26.7. The van der Waals surface area contributed by atoms with Crippen molar-refractivity contribution in [2.45, 2.75) is 31.2 Å². The highest BCUT2D eigenvalue weighted by molar-refractivity contribution is 7.89. The van der Waals surface area contributed by atoms with E-state index in [2.05, 4.69) is 59.8 Å². The highest BCUT2D eigenvalue weighted by atomic mass is 32.2. The van der Waals surface area contributed by atoms with Crippen LogP contribution in [-0.2, 0) is 16.6 Å². The third kappa shape index (κ3) is 6.00. The number of sulfonamides is 1. The first kappa shape index (κ1) is 26.6. The predicted octanol–water partition coefficient (Wildman–Crippen LogP) is 1.74. The van der Waals surface area contributed by atoms with Crippen LogP contribution < -0.4 is 15.9 Å². The van der Waals surface area contributed by atoms with Gasteiger partial charge in [-0.2, -0.15) is 4.31 Å². The quantitative estimate of drug-likeness (QED) is 0.332. The normalized spacial score (nSPS) is 19.1. The Morgan fingerprint density at radius 1 is 1.08 bits per heavy atom. The summed E-state index contributed by atoms with van der Waals surface area (Å²) in [5.74, 6) is 2.14. The molecule has 1 saturated heterocycles. The molecule has 0 saturated carbocycles. The highest BCUT2D eigenvalue weighted by Crippen LogP contribution is 2.23. The zero-order valence-electron chi connectivity index (χ0n) is 22.4. The SMILES string of the molecule is CC1C=c2c(NCCCN(C)C)nc(CN3CCN(S(=O)(=O)c4ccc5c(c4)C=C=C=C5)CC3)nc2=CC1. The van der Waals surface area contributed by atoms with Gasteiger partial charge in [0.05, 0.1) is 16.8 Å². The van der Waals surface area contributed by atoms with Crippen molar-refractivity contribution in [3.05, 3.63) is 57.2 Å². The van der Waals surface area contributed by atoms with Gasteiger partial charge in [-0.1, -0.05) is 36.6 Å². The van der Waals surface area contributed by atoms with Gasteiger partial charge in [-0.3, -0.25) is 4.90 Å². The van der Waals surface area contributed by atoms with Crippen molar-refractivity contribution in [1.82, 2.24) is 24.1 Å². The Bertz CT molecular complexity index is 1530. The summed E-state index contributed by atoms with van der Waals surface area (Å²) in [5.41, 5.74) is 7.62. The van der Waals surface area contributed by atoms with Crippen LogP contribution in [0.3, 0.4) is 0 Å². The maximum absolute atomic E-state index is 13.3. The van der Waals surface area contributed by atoms with Crippen LogP contribution in [0.1, 0.15) is 36.7 Å². The standard InChI is InChI=1S/C29H36N6O2S/c1-22-9-12-27-26(19-22)29(30-13-6-14-33(2)3)32-28(31-27)21-34-15-17-35(18-16-34)38(36,37)25-11-10-23-7-4-5-8-24(23)20-25/h7-8,10-12,19-20,22H,6,9,13-18,21H2,1-3H3,(H,30,31,32). The van der Waals surface area contributed by atoms with Crippen LogP contribution in [0.15, 0.2) is 34.6 Å². The van der Waals surface area contributed by atoms with Gasteiger partial charge in [0.25, 0.3) is 0 Å². The van der Waals surface area contributed by atoms with Crippen LogP contribution in [0.2, 0.25) is 0 Å². The number of piperazine rings is 1. The van der Waals surface area contributed by atoms with Crippen molar-refractivity contribution >= 4 is 40.1 Å². The molecule has 8 nitrogen and oxygen atoms in total. The van der Waals surface area contributed by atoms with Gasteiger partial charge in [-0.15, -0.1) is 0 Å². The van der Waals surface area contributed by atoms with Crippen molar-refractivity contribution < 1.29 is 8.42 Å². The van der Waals surface area contributed by atoms with Crippen molar-refractivity contribution in [1.29, 1.82) is 0 Å². The average Bonchev–Trinajstić information content (AvgIpc) is 2.91. The van der Waals surface area contributed by atoms with E-state index in [0.717, 1.165) is 59.3 Å². The summed E-state index contributed by atoms with van der Waals surface area (Å²) in [4.78, 5) is 14.5. The van der Waals surface area contributed by atoms with Gasteiger partial charge in [0.2, 0.25) is 10.0 Å². The molecule has 1 atom stereocenters. The summed E-state index contributed by atoms with van der Waals surface area (Å²) in [7, 11) is 0.602. The second kappa shape index (κ2) is 11.4. The van der Waals surface area contributed by atoms with Crippen LogP contribution in [-0.4, -0.2) is 85.9 Å². The monoisotopic (exact) mass is 532 g/mol. The third-order valence-corrected chi connectivity index (χ3v) is 9.06. The number of rotatable bonds is 9. The minimum Gasteiger partial charge on any atom is -0.369 e. The van der Waals surface area contributed by atoms with Crippen LogP contribution in [0.5, 0.6) is 0 Å². The first-order valence-corrected chi connectivity index (χ1v) is 14.8. The average molecular weight is 533 g/mol. The number of hydrogen-bond donors (Lipinski definition) is 1. The number of anilines is 1. The van der Waals surface area contributed by atoms with Crippen molar-refractivity contribution in [2.75, 3.05) is 58.7 Å². The fraction of sp³-hybridized carbons (Fsp3) is 0.448. The van der Waals surface area contributed by atoms with E-state index in [-0.39, 0.29) is 0 Å². The third-order valence-electron chi connectivity index (χ3n) is 7.16. The minimum atomic E-state index is -3.56. The van der Waals surface area contributed by atoms with Gasteiger partial charge in [-0.05, 0) is 74.8 Å². The second-order valence-corrected chi connectivity index (χ2v) is 12.4. The van der Waals surface area contributed by atoms with Crippen molar-refractivity contribution in [3.8, 4) is 0 Å². The Balaban J connectivity index is 1.26. The van der Waals surface area contributed by atoms with Gasteiger partial charge in [0.1, 0.15) is 11.6 Å². The molecular weight excluding hydrogens is 496 g/mol. The minimum absolute atomic E-state index is 0.321. The number of nitrogens with one attached hydrogen (secondary N) is 1. The van der Waals surface area contributed by atoms with Gasteiger partial charge in [-0.25, -0.2) is 18.4 Å². The Morgan fingerprint density at radius 3 is 2.61 bits per heavy atom. The number of fused-ring (bicyclic) bond motifs is 2. The fourth-order valence-electron chi connectivity index (χ4n) is 5.00. The topological polar surface area (TPSA) is 81.7 Å². The van der Waals surface area contributed by atoms with Crippen molar-refractivity contribution in [2.24, 2.45) is 5.92 Å². The highest BCUT2D eigenvalue weighted by Gasteiger charge is 2.29. The largest absolute Gasteiger partial charge is 0.369 e. The van der Waals surface area contributed by atoms with E-state index < -0.39 is 10.0 Å². The molecule has 5 rings (SSSR count). The zero-order valence-corrected chi connectivity index (χ0v) is 23.3. The smallest absolute Gasteiger partial charge is 0.243 e. The summed E-state index contributed by atoms with van der Waals surface area (Å²) < 4.78 is 28.3. The molecule has 1 N–H and O–H groups in total. The summed E-state index contributed by atoms with van der Waals surface area (Å²) in [5, 5.41) is 5.64. The Kier molecular flexibility index (Phi) is 7.96. The number of nitrogens with zero attached hydrogens (tertiary/aromatic N) is 5. The molecule has 1 fully saturated rings. The maximum Gasteiger partial charge on any atom is 0.243 e. The predicted molar refractivity (Wildman–Crippen MR) is 152 cm³/mol. The summed E-state index contributed by atoms with van der Waals surface area (Å²) in [6.07, 6.45) is 10.1. The van der Waals surface area contributed by atoms with E-state index >= 15 is 0 Å². The van der Waals surface area contributed by atoms with Crippen LogP contribution >= 0.6 is 0 Å². The van der Waals surface area contributed by atoms with Crippen LogP contribution in [0.4, 0.5) is 5.82 Å². The lowest BCUT2D eigenvalue weighted by Crippen LogP contribution is -2.48. The molecule has 0 spiro atoms. The van der Waals surface area contributed by atoms with Gasteiger partial charge in [0.15, 0.2) is 0 Å². The molecule has 9 heteroatoms. The Morgan fingerprint density at radius 2 is 1.84 bits per heavy atom. The Hall–Kier alpha value is -3.03. The van der Waals surface area contributed by atoms with E-state index in [1.54, 1.807) is 22.5 Å². The van der Waals surface area contributed by atoms with Gasteiger partial charge in [0, 0.05) is 37.9 Å². The lowest BCUT2D eigenvalue weighted by Gasteiger charge is -2.33. The van der Waals surface area contributed by atoms with E-state index in [1.165, 1.54) is 0 Å². The van der Waals surface area contributed by atoms with E-state index in [1.807, 2.05) is 12.1 Å². The molecule has 1 aromatic heterocycles. The van der Waals surface area contributed by atoms with Crippen LogP contribution in [0.25, 0.3) is 24.3 Å². The first-order valence-electron chi connectivity index (χ1n) is 13.3. The molecule has 1 aromatic carbocycles. The molecule has 38 heavy (non-hydrogen) atoms.